The Morgan fingerprint density at radius 1 is 0.298 bits per heavy atom. The molecule has 0 aliphatic carbocycles. The quantitative estimate of drug-likeness (QED) is 0.172. The zero-order valence-corrected chi connectivity index (χ0v) is 31.6. The second-order valence-corrected chi connectivity index (χ2v) is 16.0. The van der Waals surface area contributed by atoms with Crippen LogP contribution in [0.2, 0.25) is 0 Å². The second-order valence-electron chi connectivity index (χ2n) is 14.9. The van der Waals surface area contributed by atoms with E-state index in [4.69, 9.17) is 4.42 Å². The maximum absolute atomic E-state index is 6.41. The lowest BCUT2D eigenvalue weighted by Gasteiger charge is -2.11. The van der Waals surface area contributed by atoms with E-state index < -0.39 is 0 Å². The Hall–Kier alpha value is -7.20. The summed E-state index contributed by atoms with van der Waals surface area (Å²) in [6.45, 7) is 0. The molecule has 0 bridgehead atoms. The van der Waals surface area contributed by atoms with Crippen LogP contribution in [0.5, 0.6) is 0 Å². The molecule has 0 N–H and O–H groups in total. The van der Waals surface area contributed by atoms with Crippen molar-refractivity contribution in [1.29, 1.82) is 0 Å². The molecular formula is C54H33NOS. The van der Waals surface area contributed by atoms with E-state index in [1.165, 1.54) is 80.9 Å². The van der Waals surface area contributed by atoms with Crippen molar-refractivity contribution < 1.29 is 4.42 Å². The molecule has 2 nitrogen and oxygen atoms in total. The number of fused-ring (bicyclic) bond motifs is 9. The monoisotopic (exact) mass is 743 g/mol. The van der Waals surface area contributed by atoms with Gasteiger partial charge < -0.3 is 8.98 Å². The standard InChI is InChI=1S/C54H33NOS/c1-2-10-34(11-3-1)38-22-26-53-47(32-38)48-33-41(23-27-54(48)57-53)40-21-25-52-46(31-40)45-30-39(20-24-51(45)56-52)36-13-8-12-35(28-36)37-14-9-15-42(29-37)55-49-18-6-4-16-43(49)44-17-5-7-19-50(44)55/h1-33H. The minimum atomic E-state index is 0.897. The molecule has 0 amide bonds. The molecule has 0 saturated heterocycles. The summed E-state index contributed by atoms with van der Waals surface area (Å²) in [7, 11) is 0. The zero-order chi connectivity index (χ0) is 37.5. The first-order valence-corrected chi connectivity index (χ1v) is 20.2. The van der Waals surface area contributed by atoms with E-state index in [9.17, 15) is 0 Å². The fourth-order valence-corrected chi connectivity index (χ4v) is 9.87. The fourth-order valence-electron chi connectivity index (χ4n) is 8.81. The Morgan fingerprint density at radius 3 is 1.33 bits per heavy atom. The van der Waals surface area contributed by atoms with Crippen molar-refractivity contribution in [3.63, 3.8) is 0 Å². The number of benzene rings is 9. The molecular weight excluding hydrogens is 711 g/mol. The summed E-state index contributed by atoms with van der Waals surface area (Å²) in [5, 5.41) is 7.39. The third-order valence-corrected chi connectivity index (χ3v) is 12.7. The third kappa shape index (κ3) is 5.24. The van der Waals surface area contributed by atoms with Crippen molar-refractivity contribution >= 4 is 75.3 Å². The van der Waals surface area contributed by atoms with Crippen molar-refractivity contribution in [1.82, 2.24) is 4.57 Å². The zero-order valence-electron chi connectivity index (χ0n) is 30.8. The van der Waals surface area contributed by atoms with Crippen molar-refractivity contribution in [2.45, 2.75) is 0 Å². The molecule has 0 unspecified atom stereocenters. The molecule has 0 fully saturated rings. The second kappa shape index (κ2) is 12.7. The van der Waals surface area contributed by atoms with Gasteiger partial charge in [0.25, 0.3) is 0 Å². The Kier molecular flexibility index (Phi) is 7.13. The summed E-state index contributed by atoms with van der Waals surface area (Å²) in [5.41, 5.74) is 14.9. The third-order valence-electron chi connectivity index (χ3n) is 11.6. The fraction of sp³-hybridized carbons (Fsp3) is 0. The Bertz CT molecular complexity index is 3480. The van der Waals surface area contributed by atoms with Crippen molar-refractivity contribution in [2.75, 3.05) is 0 Å². The first-order chi connectivity index (χ1) is 28.2. The van der Waals surface area contributed by atoms with Gasteiger partial charge in [-0.15, -0.1) is 11.3 Å². The molecule has 0 aliphatic rings. The number of para-hydroxylation sites is 2. The summed E-state index contributed by atoms with van der Waals surface area (Å²) < 4.78 is 11.4. The van der Waals surface area contributed by atoms with Gasteiger partial charge in [-0.25, -0.2) is 0 Å². The molecule has 12 aromatic rings. The SMILES string of the molecule is c1ccc(-c2ccc3sc4ccc(-c5ccc6oc7ccc(-c8cccc(-c9cccc(-n%10c%11ccccc%11c%11ccccc%11%10)c9)c8)cc7c6c5)cc4c3c2)cc1. The lowest BCUT2D eigenvalue weighted by atomic mass is 9.97. The van der Waals surface area contributed by atoms with Crippen LogP contribution in [0.3, 0.4) is 0 Å². The van der Waals surface area contributed by atoms with Gasteiger partial charge in [-0.3, -0.25) is 0 Å². The molecule has 0 atom stereocenters. The first kappa shape index (κ1) is 32.1. The minimum absolute atomic E-state index is 0.897. The van der Waals surface area contributed by atoms with Crippen LogP contribution in [-0.4, -0.2) is 4.57 Å². The van der Waals surface area contributed by atoms with Gasteiger partial charge in [0.05, 0.1) is 11.0 Å². The number of hydrogen-bond acceptors (Lipinski definition) is 2. The summed E-state index contributed by atoms with van der Waals surface area (Å²) >= 11 is 1.86. The van der Waals surface area contributed by atoms with E-state index in [2.05, 4.69) is 205 Å². The summed E-state index contributed by atoms with van der Waals surface area (Å²) in [6, 6.07) is 72.7. The van der Waals surface area contributed by atoms with Gasteiger partial charge in [0.1, 0.15) is 11.2 Å². The highest BCUT2D eigenvalue weighted by molar-refractivity contribution is 7.25. The van der Waals surface area contributed by atoms with Crippen LogP contribution in [-0.2, 0) is 0 Å². The highest BCUT2D eigenvalue weighted by atomic mass is 32.1. The average Bonchev–Trinajstić information content (AvgIpc) is 3.95. The van der Waals surface area contributed by atoms with Crippen LogP contribution < -0.4 is 0 Å². The van der Waals surface area contributed by atoms with Gasteiger partial charge in [0.2, 0.25) is 0 Å². The predicted molar refractivity (Wildman–Crippen MR) is 243 cm³/mol. The van der Waals surface area contributed by atoms with Crippen LogP contribution >= 0.6 is 11.3 Å². The molecule has 0 saturated carbocycles. The molecule has 0 aliphatic heterocycles. The Morgan fingerprint density at radius 2 is 0.737 bits per heavy atom. The molecule has 57 heavy (non-hydrogen) atoms. The van der Waals surface area contributed by atoms with E-state index in [-0.39, 0.29) is 0 Å². The van der Waals surface area contributed by atoms with Gasteiger partial charge in [-0.1, -0.05) is 121 Å². The number of rotatable bonds is 5. The predicted octanol–water partition coefficient (Wildman–Crippen LogP) is 15.7. The van der Waals surface area contributed by atoms with Crippen LogP contribution in [0.25, 0.3) is 114 Å². The van der Waals surface area contributed by atoms with E-state index in [1.807, 2.05) is 11.3 Å². The minimum Gasteiger partial charge on any atom is -0.456 e. The smallest absolute Gasteiger partial charge is 0.135 e. The van der Waals surface area contributed by atoms with Gasteiger partial charge in [0, 0.05) is 47.4 Å². The van der Waals surface area contributed by atoms with Gasteiger partial charge in [-0.05, 0) is 123 Å². The number of nitrogens with zero attached hydrogens (tertiary/aromatic N) is 1. The molecule has 0 radical (unpaired) electrons. The average molecular weight is 744 g/mol. The summed E-state index contributed by atoms with van der Waals surface area (Å²) in [6.07, 6.45) is 0. The van der Waals surface area contributed by atoms with Gasteiger partial charge >= 0.3 is 0 Å². The van der Waals surface area contributed by atoms with E-state index in [0.29, 0.717) is 0 Å². The maximum atomic E-state index is 6.41. The van der Waals surface area contributed by atoms with Gasteiger partial charge in [0.15, 0.2) is 0 Å². The van der Waals surface area contributed by atoms with Crippen molar-refractivity contribution in [3.05, 3.63) is 200 Å². The first-order valence-electron chi connectivity index (χ1n) is 19.4. The number of hydrogen-bond donors (Lipinski definition) is 0. The Labute approximate surface area is 333 Å². The van der Waals surface area contributed by atoms with Crippen LogP contribution in [0, 0.1) is 0 Å². The van der Waals surface area contributed by atoms with Gasteiger partial charge in [-0.2, -0.15) is 0 Å². The topological polar surface area (TPSA) is 18.1 Å². The molecule has 3 heteroatoms. The van der Waals surface area contributed by atoms with E-state index in [1.54, 1.807) is 0 Å². The van der Waals surface area contributed by atoms with Crippen LogP contribution in [0.1, 0.15) is 0 Å². The summed E-state index contributed by atoms with van der Waals surface area (Å²) in [4.78, 5) is 0. The maximum Gasteiger partial charge on any atom is 0.135 e. The van der Waals surface area contributed by atoms with Crippen LogP contribution in [0.15, 0.2) is 205 Å². The molecule has 3 heterocycles. The highest BCUT2D eigenvalue weighted by Gasteiger charge is 2.15. The molecule has 3 aromatic heterocycles. The van der Waals surface area contributed by atoms with E-state index in [0.717, 1.165) is 33.2 Å². The largest absolute Gasteiger partial charge is 0.456 e. The van der Waals surface area contributed by atoms with E-state index >= 15 is 0 Å². The number of furan rings is 1. The highest BCUT2D eigenvalue weighted by Crippen LogP contribution is 2.41. The van der Waals surface area contributed by atoms with Crippen molar-refractivity contribution in [2.24, 2.45) is 0 Å². The lowest BCUT2D eigenvalue weighted by molar-refractivity contribution is 0.669. The lowest BCUT2D eigenvalue weighted by Crippen LogP contribution is -1.94. The summed E-state index contributed by atoms with van der Waals surface area (Å²) in [5.74, 6) is 0. The molecule has 12 rings (SSSR count). The van der Waals surface area contributed by atoms with Crippen LogP contribution in [0.4, 0.5) is 0 Å². The number of aromatic nitrogens is 1. The molecule has 0 spiro atoms. The normalized spacial score (nSPS) is 11.9. The number of thiophene rings is 1. The van der Waals surface area contributed by atoms with Crippen molar-refractivity contribution in [3.8, 4) is 50.2 Å². The Balaban J connectivity index is 0.918. The molecule has 266 valence electrons. The molecule has 9 aromatic carbocycles.